The van der Waals surface area contributed by atoms with Crippen LogP contribution in [0.25, 0.3) is 0 Å². The molecule has 2 heterocycles. The molecule has 35 heavy (non-hydrogen) atoms. The molecule has 4 N–H and O–H groups in total. The van der Waals surface area contributed by atoms with Crippen molar-refractivity contribution in [3.63, 3.8) is 0 Å². The highest BCUT2D eigenvalue weighted by molar-refractivity contribution is 7.14. The minimum atomic E-state index is -1.57. The average molecular weight is 495 g/mol. The summed E-state index contributed by atoms with van der Waals surface area (Å²) in [6.45, 7) is -0.561. The molecule has 5 amide bonds. The van der Waals surface area contributed by atoms with E-state index in [1.54, 1.807) is 53.9 Å². The Balaban J connectivity index is 1.68. The summed E-state index contributed by atoms with van der Waals surface area (Å²) in [5.74, 6) is -0.830. The molecule has 0 radical (unpaired) electrons. The Morgan fingerprint density at radius 1 is 0.971 bits per heavy atom. The first-order chi connectivity index (χ1) is 16.8. The molecular formula is C24H22N4O6S. The average Bonchev–Trinajstić information content (AvgIpc) is 3.43. The summed E-state index contributed by atoms with van der Waals surface area (Å²) in [6, 6.07) is 14.2. The molecule has 180 valence electrons. The van der Waals surface area contributed by atoms with Crippen molar-refractivity contribution in [3.8, 4) is 11.5 Å². The van der Waals surface area contributed by atoms with Crippen LogP contribution in [0.1, 0.15) is 21.5 Å². The Hall–Kier alpha value is -4.38. The largest absolute Gasteiger partial charge is 0.497 e. The Morgan fingerprint density at radius 2 is 1.51 bits per heavy atom. The predicted molar refractivity (Wildman–Crippen MR) is 128 cm³/mol. The summed E-state index contributed by atoms with van der Waals surface area (Å²) in [7, 11) is 3.04. The maximum Gasteiger partial charge on any atom is 0.326 e. The smallest absolute Gasteiger partial charge is 0.326 e. The highest BCUT2D eigenvalue weighted by atomic mass is 32.1. The molecule has 0 unspecified atom stereocenters. The van der Waals surface area contributed by atoms with E-state index in [1.807, 2.05) is 0 Å². The van der Waals surface area contributed by atoms with Gasteiger partial charge in [0.25, 0.3) is 11.8 Å². The van der Waals surface area contributed by atoms with Gasteiger partial charge in [0.2, 0.25) is 5.91 Å². The summed E-state index contributed by atoms with van der Waals surface area (Å²) >= 11 is 1.11. The number of carbonyl (C=O) groups excluding carboxylic acids is 4. The van der Waals surface area contributed by atoms with Crippen LogP contribution < -0.4 is 25.8 Å². The van der Waals surface area contributed by atoms with Gasteiger partial charge in [-0.3, -0.25) is 19.3 Å². The van der Waals surface area contributed by atoms with E-state index in [9.17, 15) is 19.2 Å². The molecule has 1 fully saturated rings. The minimum Gasteiger partial charge on any atom is -0.497 e. The van der Waals surface area contributed by atoms with Crippen LogP contribution >= 0.6 is 11.3 Å². The monoisotopic (exact) mass is 494 g/mol. The Bertz CT molecular complexity index is 1240. The van der Waals surface area contributed by atoms with Gasteiger partial charge in [-0.1, -0.05) is 24.3 Å². The SMILES string of the molecule is COc1ccc(C2(c3ccc(OC)cc3)NC(=O)N(CC(=O)Nc3sccc3C(N)=O)C2=O)cc1. The number of primary amides is 1. The van der Waals surface area contributed by atoms with Gasteiger partial charge in [-0.15, -0.1) is 11.3 Å². The first-order valence-corrected chi connectivity index (χ1v) is 11.3. The van der Waals surface area contributed by atoms with E-state index < -0.39 is 35.8 Å². The number of thiophene rings is 1. The van der Waals surface area contributed by atoms with Crippen LogP contribution in [0, 0.1) is 0 Å². The number of amides is 5. The molecule has 0 spiro atoms. The first kappa shape index (κ1) is 23.8. The van der Waals surface area contributed by atoms with Crippen LogP contribution in [-0.4, -0.2) is 49.4 Å². The molecule has 0 bridgehead atoms. The number of methoxy groups -OCH3 is 2. The second-order valence-electron chi connectivity index (χ2n) is 7.60. The molecule has 0 atom stereocenters. The summed E-state index contributed by atoms with van der Waals surface area (Å²) in [5, 5.41) is 7.16. The van der Waals surface area contributed by atoms with Gasteiger partial charge in [0.15, 0.2) is 5.54 Å². The zero-order valence-electron chi connectivity index (χ0n) is 18.9. The summed E-state index contributed by atoms with van der Waals surface area (Å²) in [5.41, 5.74) is 4.86. The molecular weight excluding hydrogens is 472 g/mol. The van der Waals surface area contributed by atoms with Crippen molar-refractivity contribution in [3.05, 3.63) is 76.7 Å². The molecule has 1 saturated heterocycles. The van der Waals surface area contributed by atoms with Crippen LogP contribution in [-0.2, 0) is 15.1 Å². The number of anilines is 1. The lowest BCUT2D eigenvalue weighted by molar-refractivity contribution is -0.133. The van der Waals surface area contributed by atoms with Crippen molar-refractivity contribution < 1.29 is 28.7 Å². The first-order valence-electron chi connectivity index (χ1n) is 10.4. The standard InChI is InChI=1S/C24H22N4O6S/c1-33-16-7-3-14(4-8-16)24(15-5-9-17(34-2)10-6-15)22(31)28(23(32)27-24)13-19(29)26-21-18(20(25)30)11-12-35-21/h3-12H,13H2,1-2H3,(H2,25,30)(H,26,29)(H,27,32). The van der Waals surface area contributed by atoms with E-state index >= 15 is 0 Å². The van der Waals surface area contributed by atoms with E-state index in [-0.39, 0.29) is 10.6 Å². The molecule has 1 aromatic heterocycles. The van der Waals surface area contributed by atoms with Crippen molar-refractivity contribution in [2.75, 3.05) is 26.1 Å². The van der Waals surface area contributed by atoms with Gasteiger partial charge < -0.3 is 25.8 Å². The number of ether oxygens (including phenoxy) is 2. The molecule has 0 saturated carbocycles. The van der Waals surface area contributed by atoms with Crippen LogP contribution in [0.15, 0.2) is 60.0 Å². The number of nitrogens with one attached hydrogen (secondary N) is 2. The topological polar surface area (TPSA) is 140 Å². The lowest BCUT2D eigenvalue weighted by Gasteiger charge is -2.28. The fourth-order valence-corrected chi connectivity index (χ4v) is 4.68. The Labute approximate surface area is 204 Å². The molecule has 0 aliphatic carbocycles. The normalized spacial score (nSPS) is 14.4. The zero-order chi connectivity index (χ0) is 25.2. The number of carbonyl (C=O) groups is 4. The molecule has 4 rings (SSSR count). The van der Waals surface area contributed by atoms with E-state index in [0.717, 1.165) is 16.2 Å². The van der Waals surface area contributed by atoms with Crippen molar-refractivity contribution >= 4 is 40.1 Å². The van der Waals surface area contributed by atoms with Gasteiger partial charge in [0, 0.05) is 0 Å². The number of nitrogens with zero attached hydrogens (tertiary/aromatic N) is 1. The number of imide groups is 1. The third kappa shape index (κ3) is 4.28. The van der Waals surface area contributed by atoms with E-state index in [4.69, 9.17) is 15.2 Å². The van der Waals surface area contributed by atoms with Crippen molar-refractivity contribution in [1.82, 2.24) is 10.2 Å². The number of hydrogen-bond acceptors (Lipinski definition) is 7. The van der Waals surface area contributed by atoms with Crippen LogP contribution in [0.5, 0.6) is 11.5 Å². The quantitative estimate of drug-likeness (QED) is 0.411. The van der Waals surface area contributed by atoms with Crippen LogP contribution in [0.4, 0.5) is 9.80 Å². The second-order valence-corrected chi connectivity index (χ2v) is 8.52. The fourth-order valence-electron chi connectivity index (χ4n) is 3.87. The van der Waals surface area contributed by atoms with Gasteiger partial charge >= 0.3 is 6.03 Å². The second kappa shape index (κ2) is 9.47. The van der Waals surface area contributed by atoms with E-state index in [1.165, 1.54) is 20.3 Å². The van der Waals surface area contributed by atoms with Crippen molar-refractivity contribution in [2.45, 2.75) is 5.54 Å². The molecule has 1 aliphatic heterocycles. The van der Waals surface area contributed by atoms with Crippen LogP contribution in [0.2, 0.25) is 0 Å². The minimum absolute atomic E-state index is 0.145. The lowest BCUT2D eigenvalue weighted by atomic mass is 9.82. The number of rotatable bonds is 8. The highest BCUT2D eigenvalue weighted by Crippen LogP contribution is 2.37. The number of urea groups is 1. The molecule has 3 aromatic rings. The van der Waals surface area contributed by atoms with E-state index in [0.29, 0.717) is 22.6 Å². The Morgan fingerprint density at radius 3 is 2.00 bits per heavy atom. The van der Waals surface area contributed by atoms with Gasteiger partial charge in [0.05, 0.1) is 19.8 Å². The van der Waals surface area contributed by atoms with Gasteiger partial charge in [0.1, 0.15) is 23.0 Å². The number of nitrogens with two attached hydrogens (primary N) is 1. The molecule has 11 heteroatoms. The molecule has 2 aromatic carbocycles. The van der Waals surface area contributed by atoms with Gasteiger partial charge in [-0.05, 0) is 46.8 Å². The number of hydrogen-bond donors (Lipinski definition) is 3. The van der Waals surface area contributed by atoms with Gasteiger partial charge in [-0.2, -0.15) is 0 Å². The van der Waals surface area contributed by atoms with Crippen molar-refractivity contribution in [2.24, 2.45) is 5.73 Å². The molecule has 1 aliphatic rings. The summed E-state index contributed by atoms with van der Waals surface area (Å²) in [6.07, 6.45) is 0. The maximum absolute atomic E-state index is 13.8. The Kier molecular flexibility index (Phi) is 6.43. The third-order valence-corrected chi connectivity index (χ3v) is 6.47. The summed E-state index contributed by atoms with van der Waals surface area (Å²) in [4.78, 5) is 51.9. The number of benzene rings is 2. The van der Waals surface area contributed by atoms with Gasteiger partial charge in [-0.25, -0.2) is 4.79 Å². The third-order valence-electron chi connectivity index (χ3n) is 5.64. The molecule has 10 nitrogen and oxygen atoms in total. The predicted octanol–water partition coefficient (Wildman–Crippen LogP) is 2.30. The fraction of sp³-hybridized carbons (Fsp3) is 0.167. The van der Waals surface area contributed by atoms with E-state index in [2.05, 4.69) is 10.6 Å². The van der Waals surface area contributed by atoms with Crippen molar-refractivity contribution in [1.29, 1.82) is 0 Å². The lowest BCUT2D eigenvalue weighted by Crippen LogP contribution is -2.45. The zero-order valence-corrected chi connectivity index (χ0v) is 19.7. The summed E-state index contributed by atoms with van der Waals surface area (Å²) < 4.78 is 10.4. The van der Waals surface area contributed by atoms with Crippen LogP contribution in [0.3, 0.4) is 0 Å². The maximum atomic E-state index is 13.8. The highest BCUT2D eigenvalue weighted by Gasteiger charge is 2.54.